The predicted molar refractivity (Wildman–Crippen MR) is 123 cm³/mol. The number of amides is 4. The Kier molecular flexibility index (Phi) is 13.4. The van der Waals surface area contributed by atoms with Crippen LogP contribution in [0.1, 0.15) is 42.0 Å². The molecular formula is C20H24GaN8O4. The van der Waals surface area contributed by atoms with E-state index in [2.05, 4.69) is 19.9 Å². The summed E-state index contributed by atoms with van der Waals surface area (Å²) < 4.78 is 0. The molecule has 0 aliphatic heterocycles. The van der Waals surface area contributed by atoms with Gasteiger partial charge in [0.15, 0.2) is 0 Å². The molecule has 12 nitrogen and oxygen atoms in total. The molecule has 0 atom stereocenters. The van der Waals surface area contributed by atoms with E-state index < -0.39 is 23.6 Å². The summed E-state index contributed by atoms with van der Waals surface area (Å²) in [5, 5.41) is 0. The van der Waals surface area contributed by atoms with Gasteiger partial charge in [-0.1, -0.05) is 0 Å². The number of hydrogen-bond donors (Lipinski definition) is 8. The molecule has 4 aromatic rings. The van der Waals surface area contributed by atoms with Gasteiger partial charge in [-0.25, -0.2) is 0 Å². The molecule has 3 radical (unpaired) electrons. The van der Waals surface area contributed by atoms with Crippen LogP contribution in [0, 0.1) is 0 Å². The van der Waals surface area contributed by atoms with Gasteiger partial charge in [-0.05, 0) is 48.5 Å². The van der Waals surface area contributed by atoms with Crippen molar-refractivity contribution in [2.24, 2.45) is 22.9 Å². The van der Waals surface area contributed by atoms with Crippen molar-refractivity contribution < 1.29 is 19.2 Å². The summed E-state index contributed by atoms with van der Waals surface area (Å²) in [6.07, 6.45) is 6.61. The molecule has 13 heteroatoms. The van der Waals surface area contributed by atoms with Crippen LogP contribution >= 0.6 is 0 Å². The first-order valence-corrected chi connectivity index (χ1v) is 8.95. The third-order valence-electron chi connectivity index (χ3n) is 3.45. The maximum atomic E-state index is 10.3. The molecule has 0 saturated heterocycles. The van der Waals surface area contributed by atoms with Gasteiger partial charge in [0, 0.05) is 44.6 Å². The zero-order valence-corrected chi connectivity index (χ0v) is 19.9. The van der Waals surface area contributed by atoms with E-state index in [1.54, 1.807) is 73.3 Å². The number of aromatic nitrogens is 4. The summed E-state index contributed by atoms with van der Waals surface area (Å²) in [4.78, 5) is 51.7. The fourth-order valence-electron chi connectivity index (χ4n) is 1.93. The number of hydrogen-bond acceptors (Lipinski definition) is 4. The van der Waals surface area contributed by atoms with E-state index in [1.165, 1.54) is 0 Å². The monoisotopic (exact) mass is 509 g/mol. The molecule has 0 aromatic carbocycles. The Hall–Kier alpha value is -4.36. The third-order valence-corrected chi connectivity index (χ3v) is 3.45. The average Bonchev–Trinajstić information content (AvgIpc) is 3.56. The third kappa shape index (κ3) is 11.6. The second kappa shape index (κ2) is 15.4. The van der Waals surface area contributed by atoms with Crippen molar-refractivity contribution in [3.05, 3.63) is 96.1 Å². The van der Waals surface area contributed by atoms with Gasteiger partial charge in [-0.2, -0.15) is 0 Å². The predicted octanol–water partition coefficient (Wildman–Crippen LogP) is 0.0736. The molecular weight excluding hydrogens is 486 g/mol. The largest absolute Gasteiger partial charge is 0.364 e. The van der Waals surface area contributed by atoms with Gasteiger partial charge < -0.3 is 42.9 Å². The van der Waals surface area contributed by atoms with Crippen LogP contribution < -0.4 is 22.9 Å². The Balaban J connectivity index is 0.000000410. The summed E-state index contributed by atoms with van der Waals surface area (Å²) in [6, 6.07) is 13.4. The zero-order valence-electron chi connectivity index (χ0n) is 17.4. The SMILES string of the molecule is NC(=O)c1ccc[nH]1.NC(=O)c1ccc[nH]1.NC(=O)c1ccc[nH]1.NC(=O)c1ccc[nH]1.[Ga]. The molecule has 0 fully saturated rings. The van der Waals surface area contributed by atoms with Crippen molar-refractivity contribution in [2.75, 3.05) is 0 Å². The van der Waals surface area contributed by atoms with Crippen LogP contribution in [0.25, 0.3) is 0 Å². The molecule has 0 aliphatic rings. The smallest absolute Gasteiger partial charge is 0.265 e. The van der Waals surface area contributed by atoms with E-state index in [9.17, 15) is 19.2 Å². The van der Waals surface area contributed by atoms with Crippen molar-refractivity contribution in [1.82, 2.24) is 19.9 Å². The quantitative estimate of drug-likeness (QED) is 0.178. The van der Waals surface area contributed by atoms with E-state index in [4.69, 9.17) is 22.9 Å². The fraction of sp³-hybridized carbons (Fsp3) is 0. The van der Waals surface area contributed by atoms with E-state index in [0.717, 1.165) is 0 Å². The van der Waals surface area contributed by atoms with Crippen LogP contribution in [-0.4, -0.2) is 63.4 Å². The maximum Gasteiger partial charge on any atom is 0.265 e. The number of nitrogens with two attached hydrogens (primary N) is 4. The number of carbonyl (C=O) groups is 4. The normalized spacial score (nSPS) is 8.73. The Bertz CT molecular complexity index is 897. The second-order valence-electron chi connectivity index (χ2n) is 5.79. The van der Waals surface area contributed by atoms with Crippen LogP contribution in [0.5, 0.6) is 0 Å². The summed E-state index contributed by atoms with van der Waals surface area (Å²) in [7, 11) is 0. The molecule has 4 heterocycles. The number of H-pyrrole nitrogens is 4. The van der Waals surface area contributed by atoms with Crippen LogP contribution in [-0.2, 0) is 0 Å². The van der Waals surface area contributed by atoms with E-state index in [1.807, 2.05) is 0 Å². The maximum absolute atomic E-state index is 10.3. The molecule has 33 heavy (non-hydrogen) atoms. The summed E-state index contributed by atoms with van der Waals surface area (Å²) in [6.45, 7) is 0. The molecule has 4 aromatic heterocycles. The Morgan fingerprint density at radius 3 is 0.697 bits per heavy atom. The fourth-order valence-corrected chi connectivity index (χ4v) is 1.93. The van der Waals surface area contributed by atoms with Gasteiger partial charge in [-0.15, -0.1) is 0 Å². The summed E-state index contributed by atoms with van der Waals surface area (Å²) >= 11 is 0. The van der Waals surface area contributed by atoms with Crippen molar-refractivity contribution in [3.63, 3.8) is 0 Å². The van der Waals surface area contributed by atoms with Crippen LogP contribution in [0.3, 0.4) is 0 Å². The van der Waals surface area contributed by atoms with Gasteiger partial charge in [0.2, 0.25) is 0 Å². The summed E-state index contributed by atoms with van der Waals surface area (Å²) in [5.41, 5.74) is 21.3. The van der Waals surface area contributed by atoms with Crippen molar-refractivity contribution in [2.45, 2.75) is 0 Å². The molecule has 4 amide bonds. The van der Waals surface area contributed by atoms with Gasteiger partial charge in [0.25, 0.3) is 23.6 Å². The minimum atomic E-state index is -0.421. The van der Waals surface area contributed by atoms with E-state index in [-0.39, 0.29) is 19.8 Å². The minimum Gasteiger partial charge on any atom is -0.364 e. The average molecular weight is 510 g/mol. The van der Waals surface area contributed by atoms with Crippen molar-refractivity contribution in [3.8, 4) is 0 Å². The second-order valence-corrected chi connectivity index (χ2v) is 5.79. The molecule has 0 bridgehead atoms. The Morgan fingerprint density at radius 2 is 0.636 bits per heavy atom. The number of nitrogens with one attached hydrogen (secondary N) is 4. The molecule has 0 aliphatic carbocycles. The van der Waals surface area contributed by atoms with Crippen LogP contribution in [0.15, 0.2) is 73.3 Å². The Morgan fingerprint density at radius 1 is 0.455 bits per heavy atom. The van der Waals surface area contributed by atoms with Crippen LogP contribution in [0.4, 0.5) is 0 Å². The first-order valence-electron chi connectivity index (χ1n) is 8.95. The molecule has 0 spiro atoms. The standard InChI is InChI=1S/4C5H6N2O.Ga/c4*6-5(8)4-2-1-3-7-4;/h4*1-3,7H,(H2,6,8);. The molecule has 171 valence electrons. The van der Waals surface area contributed by atoms with E-state index in [0.29, 0.717) is 22.8 Å². The van der Waals surface area contributed by atoms with Gasteiger partial charge in [0.05, 0.1) is 0 Å². The number of primary amides is 4. The Labute approximate surface area is 201 Å². The molecule has 4 rings (SSSR count). The summed E-state index contributed by atoms with van der Waals surface area (Å²) in [5.74, 6) is -1.69. The van der Waals surface area contributed by atoms with Crippen molar-refractivity contribution in [1.29, 1.82) is 0 Å². The molecule has 12 N–H and O–H groups in total. The molecule has 0 saturated carbocycles. The minimum absolute atomic E-state index is 0. The number of rotatable bonds is 4. The van der Waals surface area contributed by atoms with Crippen LogP contribution in [0.2, 0.25) is 0 Å². The van der Waals surface area contributed by atoms with Gasteiger partial charge in [0.1, 0.15) is 22.8 Å². The van der Waals surface area contributed by atoms with Gasteiger partial charge in [-0.3, -0.25) is 19.2 Å². The van der Waals surface area contributed by atoms with E-state index >= 15 is 0 Å². The number of aromatic amines is 4. The zero-order chi connectivity index (χ0) is 23.9. The first-order chi connectivity index (χ1) is 15.2. The molecule has 0 unspecified atom stereocenters. The number of carbonyl (C=O) groups excluding carboxylic acids is 4. The van der Waals surface area contributed by atoms with Gasteiger partial charge >= 0.3 is 0 Å². The topological polar surface area (TPSA) is 236 Å². The first kappa shape index (κ1) is 28.6. The van der Waals surface area contributed by atoms with Crippen molar-refractivity contribution >= 4 is 43.4 Å².